The Morgan fingerprint density at radius 3 is 2.79 bits per heavy atom. The summed E-state index contributed by atoms with van der Waals surface area (Å²) in [7, 11) is 1.85. The van der Waals surface area contributed by atoms with Crippen molar-refractivity contribution < 1.29 is 5.11 Å². The van der Waals surface area contributed by atoms with Gasteiger partial charge in [-0.1, -0.05) is 0 Å². The Labute approximate surface area is 91.6 Å². The number of halogens is 1. The number of hydrogen-bond donors (Lipinski definition) is 1. The smallest absolute Gasteiger partial charge is 0.109 e. The fraction of sp³-hybridized carbons (Fsp3) is 0.667. The van der Waals surface area contributed by atoms with Crippen LogP contribution in [0, 0.1) is 0 Å². The molecule has 1 aliphatic rings. The molecule has 1 aromatic rings. The SMILES string of the molecule is Cn1ncc(Br)c1C(O)CN1CCC1. The van der Waals surface area contributed by atoms with Gasteiger partial charge in [0, 0.05) is 13.6 Å². The van der Waals surface area contributed by atoms with Crippen LogP contribution in [0.1, 0.15) is 18.2 Å². The standard InChI is InChI=1S/C9H14BrN3O/c1-12-9(7(10)5-11-12)8(14)6-13-3-2-4-13/h5,8,14H,2-4,6H2,1H3. The summed E-state index contributed by atoms with van der Waals surface area (Å²) in [4.78, 5) is 2.24. The maximum Gasteiger partial charge on any atom is 0.109 e. The van der Waals surface area contributed by atoms with E-state index >= 15 is 0 Å². The minimum Gasteiger partial charge on any atom is -0.385 e. The lowest BCUT2D eigenvalue weighted by Crippen LogP contribution is -2.40. The molecule has 1 atom stereocenters. The van der Waals surface area contributed by atoms with E-state index in [9.17, 15) is 5.11 Å². The first-order valence-corrected chi connectivity index (χ1v) is 5.55. The van der Waals surface area contributed by atoms with Crippen LogP contribution in [0.3, 0.4) is 0 Å². The zero-order valence-corrected chi connectivity index (χ0v) is 9.74. The Balaban J connectivity index is 2.05. The monoisotopic (exact) mass is 259 g/mol. The van der Waals surface area contributed by atoms with Crippen LogP contribution in [0.15, 0.2) is 10.7 Å². The predicted molar refractivity (Wildman–Crippen MR) is 56.9 cm³/mol. The average Bonchev–Trinajstić information content (AvgIpc) is 2.39. The predicted octanol–water partition coefficient (Wildman–Crippen LogP) is 0.922. The summed E-state index contributed by atoms with van der Waals surface area (Å²) in [5.41, 5.74) is 0.858. The summed E-state index contributed by atoms with van der Waals surface area (Å²) in [6, 6.07) is 0. The van der Waals surface area contributed by atoms with Gasteiger partial charge in [-0.25, -0.2) is 0 Å². The van der Waals surface area contributed by atoms with Crippen molar-refractivity contribution in [3.63, 3.8) is 0 Å². The Morgan fingerprint density at radius 1 is 1.64 bits per heavy atom. The van der Waals surface area contributed by atoms with Crippen LogP contribution in [-0.2, 0) is 7.05 Å². The van der Waals surface area contributed by atoms with Gasteiger partial charge in [-0.15, -0.1) is 0 Å². The highest BCUT2D eigenvalue weighted by atomic mass is 79.9. The summed E-state index contributed by atoms with van der Waals surface area (Å²) in [5, 5.41) is 14.1. The van der Waals surface area contributed by atoms with Crippen LogP contribution >= 0.6 is 15.9 Å². The first kappa shape index (κ1) is 10.1. The van der Waals surface area contributed by atoms with E-state index in [0.717, 1.165) is 23.3 Å². The highest BCUT2D eigenvalue weighted by molar-refractivity contribution is 9.10. The summed E-state index contributed by atoms with van der Waals surface area (Å²) >= 11 is 3.39. The number of aliphatic hydroxyl groups excluding tert-OH is 1. The number of β-amino-alcohol motifs (C(OH)–C–C–N with tert-alkyl or cyclic N) is 1. The Morgan fingerprint density at radius 2 is 2.36 bits per heavy atom. The van der Waals surface area contributed by atoms with Gasteiger partial charge >= 0.3 is 0 Å². The summed E-state index contributed by atoms with van der Waals surface area (Å²) in [6.07, 6.45) is 2.52. The third-order valence-corrected chi connectivity index (χ3v) is 3.24. The number of aliphatic hydroxyl groups is 1. The molecule has 0 spiro atoms. The van der Waals surface area contributed by atoms with Crippen molar-refractivity contribution in [3.05, 3.63) is 16.4 Å². The molecule has 0 bridgehead atoms. The van der Waals surface area contributed by atoms with Crippen molar-refractivity contribution >= 4 is 15.9 Å². The van der Waals surface area contributed by atoms with E-state index in [1.165, 1.54) is 6.42 Å². The molecule has 0 radical (unpaired) electrons. The topological polar surface area (TPSA) is 41.3 Å². The van der Waals surface area contributed by atoms with Gasteiger partial charge in [0.15, 0.2) is 0 Å². The highest BCUT2D eigenvalue weighted by Gasteiger charge is 2.22. The molecule has 1 aromatic heterocycles. The van der Waals surface area contributed by atoms with Gasteiger partial charge < -0.3 is 10.0 Å². The molecule has 1 aliphatic heterocycles. The van der Waals surface area contributed by atoms with Gasteiger partial charge in [-0.05, 0) is 35.4 Å². The Hall–Kier alpha value is -0.390. The van der Waals surface area contributed by atoms with Crippen LogP contribution in [-0.4, -0.2) is 39.4 Å². The first-order chi connectivity index (χ1) is 6.68. The molecule has 1 N–H and O–H groups in total. The summed E-state index contributed by atoms with van der Waals surface area (Å²) in [6.45, 7) is 2.91. The molecule has 4 nitrogen and oxygen atoms in total. The summed E-state index contributed by atoms with van der Waals surface area (Å²) < 4.78 is 2.60. The Bertz CT molecular complexity index is 302. The minimum absolute atomic E-state index is 0.447. The van der Waals surface area contributed by atoms with Gasteiger partial charge in [-0.2, -0.15) is 5.10 Å². The molecular weight excluding hydrogens is 246 g/mol. The van der Waals surface area contributed by atoms with Crippen molar-refractivity contribution in [2.75, 3.05) is 19.6 Å². The van der Waals surface area contributed by atoms with E-state index in [4.69, 9.17) is 0 Å². The second-order valence-corrected chi connectivity index (χ2v) is 4.53. The number of aromatic nitrogens is 2. The molecule has 78 valence electrons. The van der Waals surface area contributed by atoms with Crippen molar-refractivity contribution in [3.8, 4) is 0 Å². The lowest BCUT2D eigenvalue weighted by atomic mass is 10.1. The van der Waals surface area contributed by atoms with Crippen molar-refractivity contribution in [1.29, 1.82) is 0 Å². The molecule has 1 fully saturated rings. The van der Waals surface area contributed by atoms with Crippen LogP contribution in [0.2, 0.25) is 0 Å². The highest BCUT2D eigenvalue weighted by Crippen LogP contribution is 2.24. The van der Waals surface area contributed by atoms with Gasteiger partial charge in [0.2, 0.25) is 0 Å². The van der Waals surface area contributed by atoms with Gasteiger partial charge in [0.05, 0.1) is 16.4 Å². The molecule has 1 saturated heterocycles. The zero-order chi connectivity index (χ0) is 10.1. The molecule has 0 amide bonds. The second-order valence-electron chi connectivity index (χ2n) is 3.67. The fourth-order valence-electron chi connectivity index (χ4n) is 1.69. The summed E-state index contributed by atoms with van der Waals surface area (Å²) in [5.74, 6) is 0. The molecule has 2 rings (SSSR count). The van der Waals surface area contributed by atoms with Crippen molar-refractivity contribution in [2.45, 2.75) is 12.5 Å². The number of nitrogens with zero attached hydrogens (tertiary/aromatic N) is 3. The molecule has 0 aromatic carbocycles. The van der Waals surface area contributed by atoms with Gasteiger partial charge in [0.1, 0.15) is 6.10 Å². The lowest BCUT2D eigenvalue weighted by molar-refractivity contribution is 0.0736. The van der Waals surface area contributed by atoms with E-state index in [0.29, 0.717) is 6.54 Å². The van der Waals surface area contributed by atoms with Crippen LogP contribution in [0.4, 0.5) is 0 Å². The molecular formula is C9H14BrN3O. The average molecular weight is 260 g/mol. The number of likely N-dealkylation sites (tertiary alicyclic amines) is 1. The molecule has 14 heavy (non-hydrogen) atoms. The van der Waals surface area contributed by atoms with Gasteiger partial charge in [-0.3, -0.25) is 4.68 Å². The van der Waals surface area contributed by atoms with Crippen LogP contribution < -0.4 is 0 Å². The maximum atomic E-state index is 9.97. The van der Waals surface area contributed by atoms with Gasteiger partial charge in [0.25, 0.3) is 0 Å². The molecule has 0 aliphatic carbocycles. The normalized spacial score (nSPS) is 19.4. The molecule has 5 heteroatoms. The second kappa shape index (κ2) is 4.00. The van der Waals surface area contributed by atoms with Crippen LogP contribution in [0.25, 0.3) is 0 Å². The number of aryl methyl sites for hydroxylation is 1. The van der Waals surface area contributed by atoms with E-state index in [2.05, 4.69) is 25.9 Å². The van der Waals surface area contributed by atoms with Crippen molar-refractivity contribution in [2.24, 2.45) is 7.05 Å². The quantitative estimate of drug-likeness (QED) is 0.878. The Kier molecular flexibility index (Phi) is 2.90. The molecule has 0 saturated carbocycles. The number of hydrogen-bond acceptors (Lipinski definition) is 3. The number of rotatable bonds is 3. The first-order valence-electron chi connectivity index (χ1n) is 4.76. The largest absolute Gasteiger partial charge is 0.385 e. The van der Waals surface area contributed by atoms with Crippen LogP contribution in [0.5, 0.6) is 0 Å². The third-order valence-electron chi connectivity index (χ3n) is 2.63. The maximum absolute atomic E-state index is 9.97. The minimum atomic E-state index is -0.447. The van der Waals surface area contributed by atoms with E-state index in [1.807, 2.05) is 7.05 Å². The van der Waals surface area contributed by atoms with E-state index < -0.39 is 6.10 Å². The fourth-order valence-corrected chi connectivity index (χ4v) is 2.30. The van der Waals surface area contributed by atoms with Crippen molar-refractivity contribution in [1.82, 2.24) is 14.7 Å². The molecule has 2 heterocycles. The zero-order valence-electron chi connectivity index (χ0n) is 8.15. The lowest BCUT2D eigenvalue weighted by Gasteiger charge is -2.32. The van der Waals surface area contributed by atoms with E-state index in [-0.39, 0.29) is 0 Å². The molecule has 1 unspecified atom stereocenters. The third kappa shape index (κ3) is 1.85. The van der Waals surface area contributed by atoms with E-state index in [1.54, 1.807) is 10.9 Å².